The second-order valence-electron chi connectivity index (χ2n) is 6.72. The van der Waals surface area contributed by atoms with Crippen molar-refractivity contribution >= 4 is 15.9 Å². The second kappa shape index (κ2) is 6.18. The fourth-order valence-electron chi connectivity index (χ4n) is 2.88. The van der Waals surface area contributed by atoms with Crippen LogP contribution < -0.4 is 4.74 Å². The van der Waals surface area contributed by atoms with Gasteiger partial charge in [0.1, 0.15) is 11.9 Å². The predicted molar refractivity (Wildman–Crippen MR) is 84.5 cm³/mol. The van der Waals surface area contributed by atoms with Crippen LogP contribution in [0.25, 0.3) is 0 Å². The average Bonchev–Trinajstić information content (AvgIpc) is 2.40. The third kappa shape index (κ3) is 3.76. The van der Waals surface area contributed by atoms with E-state index >= 15 is 0 Å². The normalized spacial score (nSPS) is 26.9. The predicted octanol–water partition coefficient (Wildman–Crippen LogP) is 5.18. The second-order valence-corrected chi connectivity index (χ2v) is 7.64. The molecule has 1 aromatic carbocycles. The molecule has 0 bridgehead atoms. The van der Waals surface area contributed by atoms with Crippen molar-refractivity contribution in [1.29, 1.82) is 5.26 Å². The summed E-state index contributed by atoms with van der Waals surface area (Å²) in [5.74, 6) is 1.48. The van der Waals surface area contributed by atoms with Crippen molar-refractivity contribution < 1.29 is 4.74 Å². The van der Waals surface area contributed by atoms with E-state index in [0.717, 1.165) is 29.5 Å². The topological polar surface area (TPSA) is 33.0 Å². The van der Waals surface area contributed by atoms with Gasteiger partial charge in [-0.05, 0) is 54.9 Å². The van der Waals surface area contributed by atoms with Gasteiger partial charge in [0.05, 0.1) is 12.0 Å². The van der Waals surface area contributed by atoms with E-state index in [1.54, 1.807) is 0 Å². The van der Waals surface area contributed by atoms with Crippen LogP contribution >= 0.6 is 15.9 Å². The summed E-state index contributed by atoms with van der Waals surface area (Å²) < 4.78 is 7.14. The van der Waals surface area contributed by atoms with Gasteiger partial charge in [0.2, 0.25) is 0 Å². The molecular weight excluding hydrogens is 314 g/mol. The van der Waals surface area contributed by atoms with Crippen LogP contribution in [0.4, 0.5) is 0 Å². The van der Waals surface area contributed by atoms with Crippen LogP contribution in [0, 0.1) is 28.6 Å². The van der Waals surface area contributed by atoms with Crippen molar-refractivity contribution in [2.75, 3.05) is 0 Å². The number of rotatable bonds is 2. The molecule has 108 valence electrons. The van der Waals surface area contributed by atoms with Gasteiger partial charge in [-0.25, -0.2) is 0 Å². The Kier molecular flexibility index (Phi) is 4.75. The summed E-state index contributed by atoms with van der Waals surface area (Å²) in [4.78, 5) is 0. The molecule has 0 aromatic heterocycles. The highest BCUT2D eigenvalue weighted by Gasteiger charge is 2.37. The summed E-state index contributed by atoms with van der Waals surface area (Å²) in [5, 5.41) is 9.34. The molecule has 20 heavy (non-hydrogen) atoms. The van der Waals surface area contributed by atoms with Gasteiger partial charge < -0.3 is 4.74 Å². The summed E-state index contributed by atoms with van der Waals surface area (Å²) in [6.45, 7) is 6.84. The fraction of sp³-hybridized carbons (Fsp3) is 0.588. The minimum atomic E-state index is 0.0113. The van der Waals surface area contributed by atoms with E-state index in [0.29, 0.717) is 5.92 Å². The molecule has 1 saturated carbocycles. The quantitative estimate of drug-likeness (QED) is 0.745. The lowest BCUT2D eigenvalue weighted by Gasteiger charge is -2.39. The van der Waals surface area contributed by atoms with Crippen LogP contribution in [-0.2, 0) is 0 Å². The largest absolute Gasteiger partial charge is 0.489 e. The summed E-state index contributed by atoms with van der Waals surface area (Å²) in [5.41, 5.74) is 0.280. The maximum Gasteiger partial charge on any atom is 0.119 e. The first-order chi connectivity index (χ1) is 9.40. The van der Waals surface area contributed by atoms with Crippen LogP contribution in [0.3, 0.4) is 0 Å². The van der Waals surface area contributed by atoms with E-state index in [-0.39, 0.29) is 17.4 Å². The van der Waals surface area contributed by atoms with E-state index in [9.17, 15) is 5.26 Å². The van der Waals surface area contributed by atoms with Gasteiger partial charge in [-0.2, -0.15) is 5.26 Å². The zero-order valence-electron chi connectivity index (χ0n) is 12.4. The Morgan fingerprint density at radius 1 is 1.20 bits per heavy atom. The maximum atomic E-state index is 9.34. The zero-order valence-corrected chi connectivity index (χ0v) is 14.0. The minimum Gasteiger partial charge on any atom is -0.489 e. The molecular formula is C17H22BrNO. The Morgan fingerprint density at radius 2 is 1.85 bits per heavy atom. The van der Waals surface area contributed by atoms with Crippen molar-refractivity contribution in [3.8, 4) is 11.8 Å². The SMILES string of the molecule is CC(C)(C)C1CCC(C#N)C(Oc2ccc(Br)cc2)C1. The average molecular weight is 336 g/mol. The van der Waals surface area contributed by atoms with Gasteiger partial charge in [0, 0.05) is 4.47 Å². The minimum absolute atomic E-state index is 0.0113. The molecule has 0 N–H and O–H groups in total. The fourth-order valence-corrected chi connectivity index (χ4v) is 3.15. The Balaban J connectivity index is 2.09. The van der Waals surface area contributed by atoms with Crippen LogP contribution in [0.1, 0.15) is 40.0 Å². The number of ether oxygens (including phenoxy) is 1. The molecule has 2 nitrogen and oxygen atoms in total. The number of nitrogens with zero attached hydrogens (tertiary/aromatic N) is 1. The highest BCUT2D eigenvalue weighted by atomic mass is 79.9. The number of hydrogen-bond acceptors (Lipinski definition) is 2. The first-order valence-corrected chi connectivity index (χ1v) is 8.01. The maximum absolute atomic E-state index is 9.34. The monoisotopic (exact) mass is 335 g/mol. The summed E-state index contributed by atoms with van der Waals surface area (Å²) >= 11 is 3.42. The lowest BCUT2D eigenvalue weighted by atomic mass is 9.69. The molecule has 0 heterocycles. The van der Waals surface area contributed by atoms with Crippen molar-refractivity contribution in [3.63, 3.8) is 0 Å². The molecule has 1 aliphatic rings. The Hall–Kier alpha value is -1.01. The molecule has 0 spiro atoms. The summed E-state index contributed by atoms with van der Waals surface area (Å²) in [6, 6.07) is 10.3. The number of benzene rings is 1. The van der Waals surface area contributed by atoms with Gasteiger partial charge in [-0.1, -0.05) is 36.7 Å². The van der Waals surface area contributed by atoms with E-state index < -0.39 is 0 Å². The number of halogens is 1. The molecule has 0 aliphatic heterocycles. The van der Waals surface area contributed by atoms with E-state index in [1.165, 1.54) is 0 Å². The van der Waals surface area contributed by atoms with Crippen LogP contribution in [-0.4, -0.2) is 6.10 Å². The Morgan fingerprint density at radius 3 is 2.40 bits per heavy atom. The molecule has 0 radical (unpaired) electrons. The molecule has 1 fully saturated rings. The van der Waals surface area contributed by atoms with Gasteiger partial charge in [0.15, 0.2) is 0 Å². The molecule has 1 aliphatic carbocycles. The molecule has 0 saturated heterocycles. The van der Waals surface area contributed by atoms with E-state index in [1.807, 2.05) is 24.3 Å². The lowest BCUT2D eigenvalue weighted by molar-refractivity contribution is 0.0493. The lowest BCUT2D eigenvalue weighted by Crippen LogP contribution is -2.37. The van der Waals surface area contributed by atoms with Crippen molar-refractivity contribution in [3.05, 3.63) is 28.7 Å². The molecule has 3 heteroatoms. The highest BCUT2D eigenvalue weighted by molar-refractivity contribution is 9.10. The number of nitriles is 1. The first-order valence-electron chi connectivity index (χ1n) is 7.22. The van der Waals surface area contributed by atoms with Gasteiger partial charge in [0.25, 0.3) is 0 Å². The summed E-state index contributed by atoms with van der Waals surface area (Å²) in [7, 11) is 0. The van der Waals surface area contributed by atoms with E-state index in [4.69, 9.17) is 4.74 Å². The molecule has 3 unspecified atom stereocenters. The third-order valence-electron chi connectivity index (χ3n) is 4.28. The summed E-state index contributed by atoms with van der Waals surface area (Å²) in [6.07, 6.45) is 3.05. The standard InChI is InChI=1S/C17H22BrNO/c1-17(2,3)13-5-4-12(11-19)16(10-13)20-15-8-6-14(18)7-9-15/h6-9,12-13,16H,4-5,10H2,1-3H3. The van der Waals surface area contributed by atoms with Gasteiger partial charge in [-0.15, -0.1) is 0 Å². The molecule has 2 rings (SSSR count). The van der Waals surface area contributed by atoms with Crippen molar-refractivity contribution in [2.45, 2.75) is 46.1 Å². The molecule has 1 aromatic rings. The van der Waals surface area contributed by atoms with Crippen molar-refractivity contribution in [1.82, 2.24) is 0 Å². The van der Waals surface area contributed by atoms with Crippen molar-refractivity contribution in [2.24, 2.45) is 17.3 Å². The van der Waals surface area contributed by atoms with Gasteiger partial charge in [-0.3, -0.25) is 0 Å². The number of hydrogen-bond donors (Lipinski definition) is 0. The zero-order chi connectivity index (χ0) is 14.8. The van der Waals surface area contributed by atoms with Crippen LogP contribution in [0.15, 0.2) is 28.7 Å². The molecule has 3 atom stereocenters. The van der Waals surface area contributed by atoms with Crippen LogP contribution in [0.2, 0.25) is 0 Å². The smallest absolute Gasteiger partial charge is 0.119 e. The Labute approximate surface area is 130 Å². The Bertz CT molecular complexity index is 483. The van der Waals surface area contributed by atoms with Crippen LogP contribution in [0.5, 0.6) is 5.75 Å². The van der Waals surface area contributed by atoms with Gasteiger partial charge >= 0.3 is 0 Å². The third-order valence-corrected chi connectivity index (χ3v) is 4.81. The molecule has 0 amide bonds. The van der Waals surface area contributed by atoms with E-state index in [2.05, 4.69) is 42.8 Å². The first kappa shape index (κ1) is 15.4. The highest BCUT2D eigenvalue weighted by Crippen LogP contribution is 2.41.